The third kappa shape index (κ3) is 3.04. The van der Waals surface area contributed by atoms with Crippen molar-refractivity contribution in [1.29, 1.82) is 0 Å². The first-order chi connectivity index (χ1) is 13.3. The number of aromatic nitrogens is 1. The van der Waals surface area contributed by atoms with Crippen LogP contribution in [-0.2, 0) is 0 Å². The average Bonchev–Trinajstić information content (AvgIpc) is 3.22. The zero-order valence-corrected chi connectivity index (χ0v) is 15.5. The van der Waals surface area contributed by atoms with E-state index in [0.717, 1.165) is 49.1 Å². The molecule has 0 spiro atoms. The maximum Gasteiger partial charge on any atom is 0.254 e. The molecule has 138 valence electrons. The summed E-state index contributed by atoms with van der Waals surface area (Å²) in [5.41, 5.74) is 3.30. The van der Waals surface area contributed by atoms with Crippen LogP contribution in [0.4, 0.5) is 0 Å². The normalized spacial score (nSPS) is 23.3. The van der Waals surface area contributed by atoms with Crippen molar-refractivity contribution in [3.8, 4) is 0 Å². The number of carbonyl (C=O) groups is 1. The smallest absolute Gasteiger partial charge is 0.254 e. The lowest BCUT2D eigenvalue weighted by Gasteiger charge is -2.46. The highest BCUT2D eigenvalue weighted by molar-refractivity contribution is 6.06. The number of piperidine rings is 1. The molecule has 2 saturated heterocycles. The molecule has 5 rings (SSSR count). The van der Waals surface area contributed by atoms with Gasteiger partial charge in [-0.25, -0.2) is 0 Å². The summed E-state index contributed by atoms with van der Waals surface area (Å²) in [5, 5.41) is 1.03. The molecule has 4 nitrogen and oxygen atoms in total. The molecule has 1 aromatic heterocycles. The quantitative estimate of drug-likeness (QED) is 0.754. The summed E-state index contributed by atoms with van der Waals surface area (Å²) in [6.45, 7) is 3.76. The van der Waals surface area contributed by atoms with Crippen LogP contribution >= 0.6 is 0 Å². The van der Waals surface area contributed by atoms with Crippen LogP contribution in [0.15, 0.2) is 60.8 Å². The van der Waals surface area contributed by atoms with Crippen LogP contribution in [0, 0.1) is 0 Å². The molecule has 3 aromatic rings. The molecule has 0 radical (unpaired) electrons. The van der Waals surface area contributed by atoms with Gasteiger partial charge in [-0.15, -0.1) is 0 Å². The Morgan fingerprint density at radius 3 is 2.70 bits per heavy atom. The van der Waals surface area contributed by atoms with Crippen molar-refractivity contribution >= 4 is 16.8 Å². The number of fused-ring (bicyclic) bond motifs is 2. The summed E-state index contributed by atoms with van der Waals surface area (Å²) in [6, 6.07) is 19.3. The second-order valence-electron chi connectivity index (χ2n) is 7.83. The molecule has 3 heterocycles. The Kier molecular flexibility index (Phi) is 4.21. The van der Waals surface area contributed by atoms with Gasteiger partial charge in [0.05, 0.1) is 0 Å². The standard InChI is InChI=1S/C23H25N3O/c27-23(21-7-4-8-22-20(21)11-12-24-22)26-14-13-25-15-18(9-10-19(25)16-26)17-5-2-1-3-6-17/h1-8,11-12,18-19,24H,9-10,13-16H2/t18-,19+/m0/s1. The van der Waals surface area contributed by atoms with Gasteiger partial charge in [0.1, 0.15) is 0 Å². The molecule has 1 amide bonds. The van der Waals surface area contributed by atoms with Crippen LogP contribution in [-0.4, -0.2) is 52.9 Å². The zero-order chi connectivity index (χ0) is 18.2. The van der Waals surface area contributed by atoms with Crippen LogP contribution in [0.25, 0.3) is 10.9 Å². The average molecular weight is 359 g/mol. The molecule has 0 bridgehead atoms. The molecule has 2 aliphatic rings. The molecule has 2 aromatic carbocycles. The fraction of sp³-hybridized carbons (Fsp3) is 0.348. The third-order valence-corrected chi connectivity index (χ3v) is 6.29. The SMILES string of the molecule is O=C(c1cccc2[nH]ccc12)N1CCN2C[C@@H](c3ccccc3)CC[C@@H]2C1. The summed E-state index contributed by atoms with van der Waals surface area (Å²) in [5.74, 6) is 0.795. The first kappa shape index (κ1) is 16.6. The van der Waals surface area contributed by atoms with Gasteiger partial charge in [0.2, 0.25) is 0 Å². The van der Waals surface area contributed by atoms with Gasteiger partial charge in [0.25, 0.3) is 5.91 Å². The van der Waals surface area contributed by atoms with Crippen LogP contribution in [0.1, 0.15) is 34.7 Å². The van der Waals surface area contributed by atoms with Crippen molar-refractivity contribution in [3.63, 3.8) is 0 Å². The van der Waals surface area contributed by atoms with Gasteiger partial charge in [-0.1, -0.05) is 36.4 Å². The highest BCUT2D eigenvalue weighted by Gasteiger charge is 2.35. The Morgan fingerprint density at radius 2 is 1.81 bits per heavy atom. The first-order valence-electron chi connectivity index (χ1n) is 9.94. The number of hydrogen-bond acceptors (Lipinski definition) is 2. The molecule has 0 unspecified atom stereocenters. The van der Waals surface area contributed by atoms with E-state index in [1.807, 2.05) is 30.5 Å². The van der Waals surface area contributed by atoms with E-state index in [9.17, 15) is 4.79 Å². The Morgan fingerprint density at radius 1 is 0.926 bits per heavy atom. The number of aromatic amines is 1. The molecule has 2 aliphatic heterocycles. The van der Waals surface area contributed by atoms with E-state index in [2.05, 4.69) is 45.1 Å². The zero-order valence-electron chi connectivity index (χ0n) is 15.5. The van der Waals surface area contributed by atoms with Crippen molar-refractivity contribution in [2.45, 2.75) is 24.8 Å². The van der Waals surface area contributed by atoms with E-state index >= 15 is 0 Å². The van der Waals surface area contributed by atoms with Crippen molar-refractivity contribution in [3.05, 3.63) is 71.9 Å². The van der Waals surface area contributed by atoms with E-state index in [1.54, 1.807) is 0 Å². The predicted molar refractivity (Wildman–Crippen MR) is 108 cm³/mol. The van der Waals surface area contributed by atoms with Gasteiger partial charge >= 0.3 is 0 Å². The second-order valence-corrected chi connectivity index (χ2v) is 7.83. The van der Waals surface area contributed by atoms with Crippen LogP contribution in [0.5, 0.6) is 0 Å². The molecular formula is C23H25N3O. The Balaban J connectivity index is 1.30. The number of H-pyrrole nitrogens is 1. The first-order valence-corrected chi connectivity index (χ1v) is 9.94. The molecule has 1 N–H and O–H groups in total. The lowest BCUT2D eigenvalue weighted by Crippen LogP contribution is -2.57. The van der Waals surface area contributed by atoms with Crippen molar-refractivity contribution < 1.29 is 4.79 Å². The minimum Gasteiger partial charge on any atom is -0.361 e. The summed E-state index contributed by atoms with van der Waals surface area (Å²) >= 11 is 0. The number of piperazine rings is 1. The van der Waals surface area contributed by atoms with Gasteiger partial charge in [-0.05, 0) is 42.5 Å². The van der Waals surface area contributed by atoms with E-state index in [-0.39, 0.29) is 5.91 Å². The summed E-state index contributed by atoms with van der Waals surface area (Å²) in [6.07, 6.45) is 4.28. The number of carbonyl (C=O) groups excluding carboxylic acids is 1. The molecular weight excluding hydrogens is 334 g/mol. The van der Waals surface area contributed by atoms with E-state index in [1.165, 1.54) is 12.0 Å². The topological polar surface area (TPSA) is 39.3 Å². The van der Waals surface area contributed by atoms with Gasteiger partial charge in [-0.3, -0.25) is 9.69 Å². The minimum atomic E-state index is 0.171. The lowest BCUT2D eigenvalue weighted by atomic mass is 9.86. The fourth-order valence-corrected chi connectivity index (χ4v) is 4.80. The van der Waals surface area contributed by atoms with E-state index < -0.39 is 0 Å². The molecule has 4 heteroatoms. The lowest BCUT2D eigenvalue weighted by molar-refractivity contribution is 0.0330. The maximum absolute atomic E-state index is 13.2. The fourth-order valence-electron chi connectivity index (χ4n) is 4.80. The molecule has 0 saturated carbocycles. The largest absolute Gasteiger partial charge is 0.361 e. The van der Waals surface area contributed by atoms with Gasteiger partial charge in [0.15, 0.2) is 0 Å². The highest BCUT2D eigenvalue weighted by Crippen LogP contribution is 2.32. The second kappa shape index (κ2) is 6.86. The molecule has 2 fully saturated rings. The number of rotatable bonds is 2. The maximum atomic E-state index is 13.2. The van der Waals surface area contributed by atoms with Crippen LogP contribution < -0.4 is 0 Å². The van der Waals surface area contributed by atoms with Crippen LogP contribution in [0.3, 0.4) is 0 Å². The number of nitrogens with zero attached hydrogens (tertiary/aromatic N) is 2. The third-order valence-electron chi connectivity index (χ3n) is 6.29. The number of amides is 1. The molecule has 2 atom stereocenters. The van der Waals surface area contributed by atoms with Crippen molar-refractivity contribution in [2.75, 3.05) is 26.2 Å². The van der Waals surface area contributed by atoms with Crippen molar-refractivity contribution in [1.82, 2.24) is 14.8 Å². The predicted octanol–water partition coefficient (Wildman–Crippen LogP) is 3.87. The molecule has 0 aliphatic carbocycles. The Labute approximate surface area is 159 Å². The number of nitrogens with one attached hydrogen (secondary N) is 1. The van der Waals surface area contributed by atoms with Gasteiger partial charge in [0, 0.05) is 54.9 Å². The Bertz CT molecular complexity index is 948. The summed E-state index contributed by atoms with van der Waals surface area (Å²) < 4.78 is 0. The van der Waals surface area contributed by atoms with Gasteiger partial charge in [-0.2, -0.15) is 0 Å². The van der Waals surface area contributed by atoms with E-state index in [0.29, 0.717) is 12.0 Å². The summed E-state index contributed by atoms with van der Waals surface area (Å²) in [4.78, 5) is 21.0. The number of hydrogen-bond donors (Lipinski definition) is 1. The Hall–Kier alpha value is -2.59. The van der Waals surface area contributed by atoms with Crippen molar-refractivity contribution in [2.24, 2.45) is 0 Å². The highest BCUT2D eigenvalue weighted by atomic mass is 16.2. The monoisotopic (exact) mass is 359 g/mol. The van der Waals surface area contributed by atoms with Crippen LogP contribution in [0.2, 0.25) is 0 Å². The minimum absolute atomic E-state index is 0.171. The van der Waals surface area contributed by atoms with Gasteiger partial charge < -0.3 is 9.88 Å². The molecule has 27 heavy (non-hydrogen) atoms. The summed E-state index contributed by atoms with van der Waals surface area (Å²) in [7, 11) is 0. The number of benzene rings is 2. The van der Waals surface area contributed by atoms with E-state index in [4.69, 9.17) is 0 Å².